The molecule has 0 amide bonds. The Morgan fingerprint density at radius 2 is 2.10 bits per heavy atom. The van der Waals surface area contributed by atoms with Crippen molar-refractivity contribution >= 4 is 5.97 Å². The summed E-state index contributed by atoms with van der Waals surface area (Å²) in [6, 6.07) is 3.71. The van der Waals surface area contributed by atoms with Gasteiger partial charge in [0.15, 0.2) is 0 Å². The Balaban J connectivity index is 1.74. The van der Waals surface area contributed by atoms with Gasteiger partial charge in [-0.1, -0.05) is 24.6 Å². The lowest BCUT2D eigenvalue weighted by molar-refractivity contribution is -0.141. The number of esters is 1. The Bertz CT molecular complexity index is 663. The molecule has 0 bridgehead atoms. The van der Waals surface area contributed by atoms with Crippen LogP contribution in [0.25, 0.3) is 0 Å². The number of furan rings is 1. The number of aliphatic hydroxyl groups is 3. The van der Waals surface area contributed by atoms with Crippen LogP contribution in [0.1, 0.15) is 58.1 Å². The number of hydrogen-bond acceptors (Lipinski definition) is 6. The van der Waals surface area contributed by atoms with Crippen LogP contribution in [0.5, 0.6) is 0 Å². The Labute approximate surface area is 179 Å². The molecule has 3 N–H and O–H groups in total. The summed E-state index contributed by atoms with van der Waals surface area (Å²) >= 11 is 0. The van der Waals surface area contributed by atoms with Crippen molar-refractivity contribution in [3.63, 3.8) is 0 Å². The van der Waals surface area contributed by atoms with E-state index < -0.39 is 18.3 Å². The lowest BCUT2D eigenvalue weighted by atomic mass is 9.88. The van der Waals surface area contributed by atoms with Gasteiger partial charge in [-0.2, -0.15) is 0 Å². The second-order valence-electron chi connectivity index (χ2n) is 8.35. The summed E-state index contributed by atoms with van der Waals surface area (Å²) in [6.07, 6.45) is 11.5. The predicted octanol–water partition coefficient (Wildman–Crippen LogP) is 3.56. The average molecular weight is 421 g/mol. The van der Waals surface area contributed by atoms with Crippen LogP contribution in [-0.4, -0.2) is 45.7 Å². The van der Waals surface area contributed by atoms with Gasteiger partial charge in [0.1, 0.15) is 5.76 Å². The molecule has 1 aromatic rings. The average Bonchev–Trinajstić information content (AvgIpc) is 3.28. The minimum Gasteiger partial charge on any atom is -0.469 e. The van der Waals surface area contributed by atoms with Crippen LogP contribution in [-0.2, 0) is 16.0 Å². The topological polar surface area (TPSA) is 100 Å². The van der Waals surface area contributed by atoms with Gasteiger partial charge >= 0.3 is 5.97 Å². The molecule has 5 unspecified atom stereocenters. The normalized spacial score (nSPS) is 25.5. The number of rotatable bonds is 12. The van der Waals surface area contributed by atoms with Crippen molar-refractivity contribution in [2.75, 3.05) is 0 Å². The fourth-order valence-corrected chi connectivity index (χ4v) is 3.97. The number of allylic oxidation sites excluding steroid dienone is 1. The van der Waals surface area contributed by atoms with Crippen LogP contribution in [0.4, 0.5) is 0 Å². The minimum atomic E-state index is -0.614. The van der Waals surface area contributed by atoms with Crippen molar-refractivity contribution in [2.24, 2.45) is 11.8 Å². The zero-order valence-electron chi connectivity index (χ0n) is 18.0. The zero-order valence-corrected chi connectivity index (χ0v) is 18.0. The van der Waals surface area contributed by atoms with E-state index in [0.717, 1.165) is 31.4 Å². The first-order chi connectivity index (χ1) is 14.4. The molecule has 5 atom stereocenters. The number of aliphatic hydroxyl groups excluding tert-OH is 3. The molecular weight excluding hydrogens is 384 g/mol. The van der Waals surface area contributed by atoms with Crippen LogP contribution >= 0.6 is 0 Å². The molecule has 168 valence electrons. The molecule has 0 radical (unpaired) electrons. The van der Waals surface area contributed by atoms with Crippen LogP contribution in [0.15, 0.2) is 47.1 Å². The van der Waals surface area contributed by atoms with Gasteiger partial charge in [-0.3, -0.25) is 0 Å². The van der Waals surface area contributed by atoms with Crippen LogP contribution < -0.4 is 0 Å². The molecule has 6 nitrogen and oxygen atoms in total. The smallest absolute Gasteiger partial charge is 0.330 e. The molecule has 0 aliphatic heterocycles. The molecule has 1 saturated carbocycles. The van der Waals surface area contributed by atoms with Crippen molar-refractivity contribution in [3.05, 3.63) is 48.5 Å². The summed E-state index contributed by atoms with van der Waals surface area (Å²) in [6.45, 7) is 3.63. The Hall–Kier alpha value is -1.89. The highest BCUT2D eigenvalue weighted by Crippen LogP contribution is 2.37. The van der Waals surface area contributed by atoms with E-state index in [0.29, 0.717) is 19.3 Å². The van der Waals surface area contributed by atoms with Crippen molar-refractivity contribution in [1.29, 1.82) is 0 Å². The summed E-state index contributed by atoms with van der Waals surface area (Å²) in [7, 11) is 0. The van der Waals surface area contributed by atoms with E-state index in [1.165, 1.54) is 6.08 Å². The van der Waals surface area contributed by atoms with Gasteiger partial charge in [-0.15, -0.1) is 0 Å². The summed E-state index contributed by atoms with van der Waals surface area (Å²) in [5, 5.41) is 30.9. The molecule has 2 rings (SSSR count). The fourth-order valence-electron chi connectivity index (χ4n) is 3.97. The van der Waals surface area contributed by atoms with E-state index in [9.17, 15) is 20.1 Å². The summed E-state index contributed by atoms with van der Waals surface area (Å²) in [5.74, 6) is 0.330. The first-order valence-electron chi connectivity index (χ1n) is 11.0. The third-order valence-electron chi connectivity index (χ3n) is 5.50. The lowest BCUT2D eigenvalue weighted by Crippen LogP contribution is -2.21. The van der Waals surface area contributed by atoms with E-state index in [-0.39, 0.29) is 23.9 Å². The van der Waals surface area contributed by atoms with Gasteiger partial charge in [0, 0.05) is 24.8 Å². The molecule has 1 aromatic heterocycles. The Morgan fingerprint density at radius 3 is 2.80 bits per heavy atom. The highest BCUT2D eigenvalue weighted by molar-refractivity contribution is 5.81. The maximum atomic E-state index is 11.5. The third-order valence-corrected chi connectivity index (χ3v) is 5.50. The number of hydrogen-bond donors (Lipinski definition) is 3. The predicted molar refractivity (Wildman–Crippen MR) is 115 cm³/mol. The van der Waals surface area contributed by atoms with Gasteiger partial charge in [-0.05, 0) is 57.6 Å². The van der Waals surface area contributed by atoms with E-state index in [1.807, 2.05) is 38.1 Å². The van der Waals surface area contributed by atoms with Crippen molar-refractivity contribution < 1.29 is 29.3 Å². The van der Waals surface area contributed by atoms with Crippen molar-refractivity contribution in [1.82, 2.24) is 0 Å². The largest absolute Gasteiger partial charge is 0.469 e. The number of aryl methyl sites for hydroxylation is 1. The van der Waals surface area contributed by atoms with Gasteiger partial charge in [0.2, 0.25) is 0 Å². The first kappa shape index (κ1) is 24.4. The molecule has 6 heteroatoms. The van der Waals surface area contributed by atoms with Gasteiger partial charge in [0.25, 0.3) is 0 Å². The molecule has 0 spiro atoms. The maximum absolute atomic E-state index is 11.5. The summed E-state index contributed by atoms with van der Waals surface area (Å²) < 4.78 is 10.3. The zero-order chi connectivity index (χ0) is 21.9. The highest BCUT2D eigenvalue weighted by atomic mass is 16.5. The summed E-state index contributed by atoms with van der Waals surface area (Å²) in [4.78, 5) is 11.5. The standard InChI is InChI=1S/C24H36O6/c1-17(2)30-24(28)10-6-4-3-5-9-20-21(23(27)16-22(20)26)14-12-18(25)11-13-19-8-7-15-29-19/h6-8,10,12,14-15,17-18,20-23,25-27H,3-5,9,11,13,16H2,1-2H3. The monoisotopic (exact) mass is 420 g/mol. The quantitative estimate of drug-likeness (QED) is 0.207. The first-order valence-corrected chi connectivity index (χ1v) is 11.0. The van der Waals surface area contributed by atoms with Gasteiger partial charge in [0.05, 0.1) is 30.7 Å². The number of unbranched alkanes of at least 4 members (excludes halogenated alkanes) is 2. The Kier molecular flexibility index (Phi) is 10.3. The second kappa shape index (κ2) is 12.7. The molecule has 1 fully saturated rings. The van der Waals surface area contributed by atoms with Crippen LogP contribution in [0, 0.1) is 11.8 Å². The van der Waals surface area contributed by atoms with Gasteiger partial charge < -0.3 is 24.5 Å². The van der Waals surface area contributed by atoms with Gasteiger partial charge in [-0.25, -0.2) is 4.79 Å². The van der Waals surface area contributed by atoms with E-state index in [2.05, 4.69) is 0 Å². The lowest BCUT2D eigenvalue weighted by Gasteiger charge is -2.21. The number of carbonyl (C=O) groups excluding carboxylic acids is 1. The molecule has 0 saturated heterocycles. The van der Waals surface area contributed by atoms with E-state index >= 15 is 0 Å². The third kappa shape index (κ3) is 8.46. The number of ether oxygens (including phenoxy) is 1. The maximum Gasteiger partial charge on any atom is 0.330 e. The molecular formula is C24H36O6. The SMILES string of the molecule is CC(C)OC(=O)C=CCCCCC1C(O)CC(O)C1C=CC(O)CCc1ccco1. The Morgan fingerprint density at radius 1 is 1.30 bits per heavy atom. The molecule has 0 aromatic carbocycles. The second-order valence-corrected chi connectivity index (χ2v) is 8.35. The molecule has 30 heavy (non-hydrogen) atoms. The van der Waals surface area contributed by atoms with Crippen LogP contribution in [0.3, 0.4) is 0 Å². The highest BCUT2D eigenvalue weighted by Gasteiger charge is 2.39. The fraction of sp³-hybridized carbons (Fsp3) is 0.625. The van der Waals surface area contributed by atoms with Crippen LogP contribution in [0.2, 0.25) is 0 Å². The summed E-state index contributed by atoms with van der Waals surface area (Å²) in [5.41, 5.74) is 0. The number of carbonyl (C=O) groups is 1. The van der Waals surface area contributed by atoms with Crippen molar-refractivity contribution in [2.45, 2.75) is 83.2 Å². The van der Waals surface area contributed by atoms with E-state index in [1.54, 1.807) is 12.3 Å². The molecule has 1 aliphatic rings. The van der Waals surface area contributed by atoms with E-state index in [4.69, 9.17) is 9.15 Å². The van der Waals surface area contributed by atoms with Crippen molar-refractivity contribution in [3.8, 4) is 0 Å². The minimum absolute atomic E-state index is 0.0246. The molecule has 1 heterocycles. The molecule has 1 aliphatic carbocycles.